The van der Waals surface area contributed by atoms with Crippen LogP contribution in [0.3, 0.4) is 0 Å². The molecule has 0 N–H and O–H groups in total. The van der Waals surface area contributed by atoms with Crippen molar-refractivity contribution in [2.75, 3.05) is 0 Å². The van der Waals surface area contributed by atoms with Crippen LogP contribution in [0.4, 0.5) is 0 Å². The van der Waals surface area contributed by atoms with Crippen LogP contribution in [0.25, 0.3) is 0 Å². The summed E-state index contributed by atoms with van der Waals surface area (Å²) in [5, 5.41) is 0. The maximum atomic E-state index is 0. The molecule has 0 spiro atoms. The Kier molecular flexibility index (Phi) is 201. The van der Waals surface area contributed by atoms with Crippen molar-refractivity contribution in [3.63, 3.8) is 0 Å². The summed E-state index contributed by atoms with van der Waals surface area (Å²) in [6.45, 7) is 0. The minimum absolute atomic E-state index is 0. The van der Waals surface area contributed by atoms with E-state index in [9.17, 15) is 0 Å². The Morgan fingerprint density at radius 3 is 0.750 bits per heavy atom. The van der Waals surface area contributed by atoms with Gasteiger partial charge in [0.05, 0.1) is 0 Å². The zero-order valence-corrected chi connectivity index (χ0v) is 5.99. The van der Waals surface area contributed by atoms with Gasteiger partial charge in [-0.25, -0.2) is 0 Å². The van der Waals surface area contributed by atoms with E-state index in [-0.39, 0.29) is 66.0 Å². The van der Waals surface area contributed by atoms with Gasteiger partial charge in [0.1, 0.15) is 0 Å². The van der Waals surface area contributed by atoms with Crippen molar-refractivity contribution in [3.8, 4) is 0 Å². The molecule has 0 bridgehead atoms. The van der Waals surface area contributed by atoms with Gasteiger partial charge in [-0.15, -0.1) is 0 Å². The van der Waals surface area contributed by atoms with Crippen molar-refractivity contribution in [2.45, 2.75) is 0 Å². The van der Waals surface area contributed by atoms with Gasteiger partial charge in [0.15, 0.2) is 0 Å². The van der Waals surface area contributed by atoms with E-state index in [0.29, 0.717) is 0 Å². The molecule has 0 fully saturated rings. The largest absolute Gasteiger partial charge is 4.00 e. The Morgan fingerprint density at radius 2 is 0.750 bits per heavy atom. The monoisotopic (exact) mass is 168 g/mol. The molecule has 1 nitrogen and oxygen atoms in total. The Balaban J connectivity index is 0. The second kappa shape index (κ2) is 20.6. The molecule has 4 heteroatoms. The molecule has 0 saturated carbocycles. The third-order valence-corrected chi connectivity index (χ3v) is 0. The Hall–Kier alpha value is 1.91. The predicted octanol–water partition coefficient (Wildman–Crippen LogP) is -0.126. The van der Waals surface area contributed by atoms with Gasteiger partial charge in [0.2, 0.25) is 0 Å². The van der Waals surface area contributed by atoms with Crippen molar-refractivity contribution < 1.29 is 66.0 Å². The summed E-state index contributed by atoms with van der Waals surface area (Å²) in [4.78, 5) is 0. The minimum Gasteiger partial charge on any atom is -2.00 e. The molecule has 0 saturated heterocycles. The van der Waals surface area contributed by atoms with Crippen molar-refractivity contribution >= 4 is 0 Å². The number of hydrogen-bond acceptors (Lipinski definition) is 0. The third kappa shape index (κ3) is 9.08. The summed E-state index contributed by atoms with van der Waals surface area (Å²) >= 11 is 0. The van der Waals surface area contributed by atoms with Gasteiger partial charge < -0.3 is 5.48 Å². The first-order valence-electron chi connectivity index (χ1n) is 0. The number of rotatable bonds is 0. The average Bonchev–Trinajstić information content (AvgIpc) is 0. The first kappa shape index (κ1) is 39.1. The van der Waals surface area contributed by atoms with Crippen LogP contribution in [0, 0.1) is 0 Å². The van der Waals surface area contributed by atoms with Crippen LogP contribution in [0.1, 0.15) is 0 Å². The molecule has 0 atom stereocenters. The fourth-order valence-corrected chi connectivity index (χ4v) is 0. The zero-order chi connectivity index (χ0) is 0. The van der Waals surface area contributed by atoms with Crippen LogP contribution in [0.15, 0.2) is 0 Å². The number of hydrogen-bond donors (Lipinski definition) is 0. The van der Waals surface area contributed by atoms with Crippen LogP contribution < -0.4 is 0 Å². The Bertz CT molecular complexity index is 6.00. The molecule has 1 radical (unpaired) electrons. The van der Waals surface area contributed by atoms with E-state index in [2.05, 4.69) is 0 Å². The first-order valence-corrected chi connectivity index (χ1v) is 0. The SMILES string of the molecule is [Fe+3].[O-2].[Ti+4].[Ti+4]. The van der Waals surface area contributed by atoms with Gasteiger partial charge in [0, 0.05) is 0 Å². The molecule has 0 aromatic heterocycles. The van der Waals surface area contributed by atoms with Crippen LogP contribution >= 0.6 is 0 Å². The molecule has 0 aromatic rings. The molecule has 0 aliphatic heterocycles. The summed E-state index contributed by atoms with van der Waals surface area (Å²) in [6, 6.07) is 0. The molecule has 0 amide bonds. The maximum absolute atomic E-state index is 0. The molecule has 0 unspecified atom stereocenters. The van der Waals surface area contributed by atoms with Crippen molar-refractivity contribution in [1.82, 2.24) is 0 Å². The Labute approximate surface area is 65.5 Å². The van der Waals surface area contributed by atoms with Gasteiger partial charge >= 0.3 is 60.5 Å². The van der Waals surface area contributed by atoms with E-state index in [1.807, 2.05) is 0 Å². The van der Waals surface area contributed by atoms with E-state index in [0.717, 1.165) is 0 Å². The summed E-state index contributed by atoms with van der Waals surface area (Å²) in [5.41, 5.74) is 0. The molecule has 0 heterocycles. The smallest absolute Gasteiger partial charge is 2.00 e. The second-order valence-corrected chi connectivity index (χ2v) is 0. The fraction of sp³-hybridized carbons (Fsp3) is 0. The molecular formula is FeOTi2+9. The molecule has 0 aromatic carbocycles. The van der Waals surface area contributed by atoms with Gasteiger partial charge in [-0.3, -0.25) is 0 Å². The van der Waals surface area contributed by atoms with Crippen LogP contribution in [-0.4, -0.2) is 0 Å². The molecule has 13 valence electrons. The van der Waals surface area contributed by atoms with Crippen LogP contribution in [0.2, 0.25) is 0 Å². The van der Waals surface area contributed by atoms with E-state index in [1.165, 1.54) is 0 Å². The average molecular weight is 168 g/mol. The summed E-state index contributed by atoms with van der Waals surface area (Å²) in [6.07, 6.45) is 0. The normalized spacial score (nSPS) is 0. The van der Waals surface area contributed by atoms with Crippen molar-refractivity contribution in [3.05, 3.63) is 0 Å². The summed E-state index contributed by atoms with van der Waals surface area (Å²) in [5.74, 6) is 0. The molecule has 0 aliphatic rings. The molecular weight excluding hydrogens is 168 g/mol. The topological polar surface area (TPSA) is 28.5 Å². The van der Waals surface area contributed by atoms with Gasteiger partial charge in [-0.1, -0.05) is 0 Å². The van der Waals surface area contributed by atoms with E-state index in [4.69, 9.17) is 0 Å². The van der Waals surface area contributed by atoms with Crippen LogP contribution in [-0.2, 0) is 66.0 Å². The van der Waals surface area contributed by atoms with E-state index < -0.39 is 0 Å². The zero-order valence-electron chi connectivity index (χ0n) is 1.76. The van der Waals surface area contributed by atoms with E-state index in [1.54, 1.807) is 0 Å². The van der Waals surface area contributed by atoms with Gasteiger partial charge in [0.25, 0.3) is 0 Å². The predicted molar refractivity (Wildman–Crippen MR) is 0.686 cm³/mol. The standard InChI is InChI=1S/Fe.O.2Ti/q+3;-2;2*+4. The molecule has 4 heavy (non-hydrogen) atoms. The minimum atomic E-state index is 0. The van der Waals surface area contributed by atoms with Crippen molar-refractivity contribution in [1.29, 1.82) is 0 Å². The summed E-state index contributed by atoms with van der Waals surface area (Å²) < 4.78 is 0. The van der Waals surface area contributed by atoms with Gasteiger partial charge in [-0.05, 0) is 0 Å². The third-order valence-electron chi connectivity index (χ3n) is 0. The molecule has 0 rings (SSSR count). The van der Waals surface area contributed by atoms with Crippen molar-refractivity contribution in [2.24, 2.45) is 0 Å². The van der Waals surface area contributed by atoms with E-state index >= 15 is 0 Å². The fourth-order valence-electron chi connectivity index (χ4n) is 0. The Morgan fingerprint density at radius 1 is 0.750 bits per heavy atom. The van der Waals surface area contributed by atoms with Crippen LogP contribution in [0.5, 0.6) is 0 Å². The second-order valence-electron chi connectivity index (χ2n) is 0. The molecule has 0 aliphatic carbocycles. The van der Waals surface area contributed by atoms with Gasteiger partial charge in [-0.2, -0.15) is 0 Å². The quantitative estimate of drug-likeness (QED) is 0.450. The maximum Gasteiger partial charge on any atom is 4.00 e. The summed E-state index contributed by atoms with van der Waals surface area (Å²) in [7, 11) is 0. The first-order chi connectivity index (χ1) is 0.